The van der Waals surface area contributed by atoms with Gasteiger partial charge in [-0.05, 0) is 26.0 Å². The van der Waals surface area contributed by atoms with E-state index in [1.54, 1.807) is 13.0 Å². The topological polar surface area (TPSA) is 73.6 Å². The number of benzene rings is 1. The van der Waals surface area contributed by atoms with Crippen LogP contribution in [-0.4, -0.2) is 54.9 Å². The molecule has 2 amide bonds. The minimum atomic E-state index is -0.261. The van der Waals surface area contributed by atoms with Gasteiger partial charge in [0.2, 0.25) is 0 Å². The van der Waals surface area contributed by atoms with E-state index in [0.717, 1.165) is 26.2 Å². The summed E-state index contributed by atoms with van der Waals surface area (Å²) in [5.41, 5.74) is 1.27. The average molecular weight is 343 g/mol. The predicted molar refractivity (Wildman–Crippen MR) is 98.0 cm³/mol. The average Bonchev–Trinajstić information content (AvgIpc) is 3.05. The number of anilines is 2. The second-order valence-corrected chi connectivity index (χ2v) is 6.37. The summed E-state index contributed by atoms with van der Waals surface area (Å²) >= 11 is 0. The van der Waals surface area contributed by atoms with E-state index >= 15 is 0 Å². The highest BCUT2D eigenvalue weighted by Crippen LogP contribution is 2.16. The molecule has 1 saturated heterocycles. The summed E-state index contributed by atoms with van der Waals surface area (Å²) in [4.78, 5) is 16.7. The van der Waals surface area contributed by atoms with Crippen LogP contribution in [0.2, 0.25) is 0 Å². The van der Waals surface area contributed by atoms with Crippen molar-refractivity contribution in [2.45, 2.75) is 19.9 Å². The number of hydrogen-bond donors (Lipinski definition) is 2. The standard InChI is InChI=1S/C18H25N5O2/c1-14(13-19-18(24)20-17-12-15(2)25-21-17)22-8-10-23(11-9-22)16-6-4-3-5-7-16/h3-7,12,14H,8-11,13H2,1-2H3,(H2,19,20,21,24)/t14-/m0/s1. The van der Waals surface area contributed by atoms with Crippen molar-refractivity contribution in [3.63, 3.8) is 0 Å². The molecule has 134 valence electrons. The fraction of sp³-hybridized carbons (Fsp3) is 0.444. The molecule has 25 heavy (non-hydrogen) atoms. The Bertz CT molecular complexity index is 680. The zero-order chi connectivity index (χ0) is 17.6. The quantitative estimate of drug-likeness (QED) is 0.871. The number of urea groups is 1. The number of aryl methyl sites for hydroxylation is 1. The van der Waals surface area contributed by atoms with Gasteiger partial charge in [0.1, 0.15) is 5.76 Å². The Morgan fingerprint density at radius 1 is 1.24 bits per heavy atom. The maximum atomic E-state index is 11.9. The van der Waals surface area contributed by atoms with Crippen molar-refractivity contribution in [1.82, 2.24) is 15.4 Å². The van der Waals surface area contributed by atoms with E-state index in [-0.39, 0.29) is 12.1 Å². The summed E-state index contributed by atoms with van der Waals surface area (Å²) in [6.07, 6.45) is 0. The first-order chi connectivity index (χ1) is 12.1. The molecule has 1 fully saturated rings. The van der Waals surface area contributed by atoms with Crippen LogP contribution in [0, 0.1) is 6.92 Å². The monoisotopic (exact) mass is 343 g/mol. The molecule has 0 radical (unpaired) electrons. The van der Waals surface area contributed by atoms with Gasteiger partial charge in [0, 0.05) is 50.5 Å². The van der Waals surface area contributed by atoms with E-state index in [0.29, 0.717) is 18.1 Å². The van der Waals surface area contributed by atoms with Crippen LogP contribution in [0.4, 0.5) is 16.3 Å². The molecule has 1 atom stereocenters. The molecule has 7 nitrogen and oxygen atoms in total. The number of piperazine rings is 1. The Hall–Kier alpha value is -2.54. The van der Waals surface area contributed by atoms with Gasteiger partial charge in [-0.2, -0.15) is 0 Å². The Morgan fingerprint density at radius 2 is 1.96 bits per heavy atom. The van der Waals surface area contributed by atoms with Crippen molar-refractivity contribution in [3.05, 3.63) is 42.2 Å². The first-order valence-electron chi connectivity index (χ1n) is 8.64. The molecule has 2 heterocycles. The fourth-order valence-corrected chi connectivity index (χ4v) is 3.02. The van der Waals surface area contributed by atoms with Crippen molar-refractivity contribution >= 4 is 17.5 Å². The smallest absolute Gasteiger partial charge is 0.320 e. The van der Waals surface area contributed by atoms with Gasteiger partial charge < -0.3 is 14.7 Å². The second-order valence-electron chi connectivity index (χ2n) is 6.37. The molecular weight excluding hydrogens is 318 g/mol. The first kappa shape index (κ1) is 17.3. The van der Waals surface area contributed by atoms with E-state index in [1.165, 1.54) is 5.69 Å². The number of carbonyl (C=O) groups excluding carboxylic acids is 1. The van der Waals surface area contributed by atoms with Crippen LogP contribution in [0.25, 0.3) is 0 Å². The van der Waals surface area contributed by atoms with Gasteiger partial charge in [0.05, 0.1) is 0 Å². The minimum Gasteiger partial charge on any atom is -0.369 e. The Kier molecular flexibility index (Phi) is 5.55. The number of para-hydroxylation sites is 1. The highest BCUT2D eigenvalue weighted by atomic mass is 16.5. The summed E-state index contributed by atoms with van der Waals surface area (Å²) in [5, 5.41) is 9.31. The summed E-state index contributed by atoms with van der Waals surface area (Å²) < 4.78 is 4.93. The number of nitrogens with zero attached hydrogens (tertiary/aromatic N) is 3. The molecule has 1 aliphatic rings. The van der Waals surface area contributed by atoms with E-state index in [1.807, 2.05) is 6.07 Å². The van der Waals surface area contributed by atoms with Crippen molar-refractivity contribution in [3.8, 4) is 0 Å². The molecule has 0 bridgehead atoms. The van der Waals surface area contributed by atoms with Crippen LogP contribution in [-0.2, 0) is 0 Å². The number of amides is 2. The number of nitrogens with one attached hydrogen (secondary N) is 2. The largest absolute Gasteiger partial charge is 0.369 e. The van der Waals surface area contributed by atoms with Crippen molar-refractivity contribution < 1.29 is 9.32 Å². The van der Waals surface area contributed by atoms with Crippen LogP contribution in [0.5, 0.6) is 0 Å². The molecule has 1 aromatic carbocycles. The van der Waals surface area contributed by atoms with E-state index in [2.05, 4.69) is 56.8 Å². The number of carbonyl (C=O) groups is 1. The zero-order valence-electron chi connectivity index (χ0n) is 14.7. The molecule has 1 aliphatic heterocycles. The minimum absolute atomic E-state index is 0.261. The summed E-state index contributed by atoms with van der Waals surface area (Å²) in [7, 11) is 0. The number of hydrogen-bond acceptors (Lipinski definition) is 5. The van der Waals surface area contributed by atoms with Crippen LogP contribution in [0.1, 0.15) is 12.7 Å². The molecule has 7 heteroatoms. The van der Waals surface area contributed by atoms with Crippen LogP contribution in [0.15, 0.2) is 40.9 Å². The summed E-state index contributed by atoms with van der Waals surface area (Å²) in [6.45, 7) is 8.49. The van der Waals surface area contributed by atoms with Gasteiger partial charge in [-0.25, -0.2) is 4.79 Å². The van der Waals surface area contributed by atoms with E-state index in [9.17, 15) is 4.79 Å². The molecule has 1 aromatic heterocycles. The van der Waals surface area contributed by atoms with Gasteiger partial charge in [0.25, 0.3) is 0 Å². The second kappa shape index (κ2) is 8.02. The molecule has 2 aromatic rings. The van der Waals surface area contributed by atoms with Crippen molar-refractivity contribution in [1.29, 1.82) is 0 Å². The lowest BCUT2D eigenvalue weighted by Crippen LogP contribution is -2.52. The van der Waals surface area contributed by atoms with Gasteiger partial charge in [0.15, 0.2) is 5.82 Å². The van der Waals surface area contributed by atoms with Crippen LogP contribution >= 0.6 is 0 Å². The van der Waals surface area contributed by atoms with E-state index < -0.39 is 0 Å². The Morgan fingerprint density at radius 3 is 2.60 bits per heavy atom. The fourth-order valence-electron chi connectivity index (χ4n) is 3.02. The molecule has 2 N–H and O–H groups in total. The maximum Gasteiger partial charge on any atom is 0.320 e. The third-order valence-corrected chi connectivity index (χ3v) is 4.49. The SMILES string of the molecule is Cc1cc(NC(=O)NC[C@H](C)N2CCN(c3ccccc3)CC2)no1. The highest BCUT2D eigenvalue weighted by Gasteiger charge is 2.21. The highest BCUT2D eigenvalue weighted by molar-refractivity contribution is 5.88. The van der Waals surface area contributed by atoms with Gasteiger partial charge in [-0.15, -0.1) is 0 Å². The lowest BCUT2D eigenvalue weighted by atomic mass is 10.2. The molecule has 0 saturated carbocycles. The molecule has 0 spiro atoms. The van der Waals surface area contributed by atoms with Gasteiger partial charge >= 0.3 is 6.03 Å². The maximum absolute atomic E-state index is 11.9. The lowest BCUT2D eigenvalue weighted by molar-refractivity contribution is 0.192. The van der Waals surface area contributed by atoms with Gasteiger partial charge in [-0.3, -0.25) is 10.2 Å². The molecular formula is C18H25N5O2. The predicted octanol–water partition coefficient (Wildman–Crippen LogP) is 2.32. The number of aromatic nitrogens is 1. The Balaban J connectivity index is 1.40. The third-order valence-electron chi connectivity index (χ3n) is 4.49. The lowest BCUT2D eigenvalue weighted by Gasteiger charge is -2.39. The first-order valence-corrected chi connectivity index (χ1v) is 8.64. The van der Waals surface area contributed by atoms with Gasteiger partial charge in [-0.1, -0.05) is 23.4 Å². The van der Waals surface area contributed by atoms with Crippen LogP contribution < -0.4 is 15.5 Å². The Labute approximate surface area is 148 Å². The molecule has 3 rings (SSSR count). The summed E-state index contributed by atoms with van der Waals surface area (Å²) in [5.74, 6) is 1.10. The summed E-state index contributed by atoms with van der Waals surface area (Å²) in [6, 6.07) is 12.2. The molecule has 0 unspecified atom stereocenters. The van der Waals surface area contributed by atoms with Crippen molar-refractivity contribution in [2.24, 2.45) is 0 Å². The zero-order valence-corrected chi connectivity index (χ0v) is 14.7. The van der Waals surface area contributed by atoms with Crippen molar-refractivity contribution in [2.75, 3.05) is 42.9 Å². The third kappa shape index (κ3) is 4.73. The molecule has 0 aliphatic carbocycles. The van der Waals surface area contributed by atoms with Crippen LogP contribution in [0.3, 0.4) is 0 Å². The number of rotatable bonds is 5. The normalized spacial score (nSPS) is 16.5. The van der Waals surface area contributed by atoms with E-state index in [4.69, 9.17) is 4.52 Å².